The second kappa shape index (κ2) is 3.45. The van der Waals surface area contributed by atoms with Crippen molar-refractivity contribution in [2.75, 3.05) is 0 Å². The van der Waals surface area contributed by atoms with Gasteiger partial charge in [0.15, 0.2) is 0 Å². The molecule has 8 heteroatoms. The van der Waals surface area contributed by atoms with Crippen molar-refractivity contribution in [2.24, 2.45) is 0 Å². The fourth-order valence-electron chi connectivity index (χ4n) is 1.61. The Hall–Kier alpha value is -2.09. The number of amides is 1. The third kappa shape index (κ3) is 1.72. The van der Waals surface area contributed by atoms with E-state index in [4.69, 9.17) is 5.11 Å². The van der Waals surface area contributed by atoms with Crippen LogP contribution in [0.1, 0.15) is 15.9 Å². The van der Waals surface area contributed by atoms with Crippen LogP contribution in [0, 0.1) is 6.92 Å². The van der Waals surface area contributed by atoms with E-state index >= 15 is 0 Å². The Kier molecular flexibility index (Phi) is 2.32. The molecule has 0 saturated carbocycles. The summed E-state index contributed by atoms with van der Waals surface area (Å²) in [6.07, 6.45) is -1.53. The minimum absolute atomic E-state index is 0.0662. The summed E-state index contributed by atoms with van der Waals surface area (Å²) < 4.78 is 29.2. The van der Waals surface area contributed by atoms with Crippen molar-refractivity contribution in [3.8, 4) is 5.75 Å². The maximum absolute atomic E-state index is 11.5. The number of ether oxygens (including phenoxy) is 1. The van der Waals surface area contributed by atoms with Crippen LogP contribution in [0.15, 0.2) is 17.0 Å². The third-order valence-corrected chi connectivity index (χ3v) is 3.69. The van der Waals surface area contributed by atoms with Crippen molar-refractivity contribution in [3.63, 3.8) is 0 Å². The molecule has 1 heterocycles. The number of carboxylic acid groups (broad SMARTS) is 1. The fraction of sp³-hybridized carbons (Fsp3) is 0.111. The zero-order valence-electron chi connectivity index (χ0n) is 8.55. The first-order valence-corrected chi connectivity index (χ1v) is 5.93. The topological polar surface area (TPSA) is 110 Å². The molecule has 0 atom stereocenters. The van der Waals surface area contributed by atoms with E-state index in [0.29, 0.717) is 0 Å². The Balaban J connectivity index is 2.66. The quantitative estimate of drug-likeness (QED) is 0.559. The smallest absolute Gasteiger partial charge is 0.449 e. The lowest BCUT2D eigenvalue weighted by Gasteiger charge is -2.06. The number of nitrogens with one attached hydrogen (secondary N) is 1. The zero-order valence-corrected chi connectivity index (χ0v) is 9.37. The molecule has 1 aliphatic heterocycles. The number of hydrogen-bond donors (Lipinski definition) is 2. The summed E-state index contributed by atoms with van der Waals surface area (Å²) >= 11 is 0. The molecule has 1 aliphatic rings. The Labute approximate surface area is 96.1 Å². The standard InChI is InChI=1S/C9H7NO6S/c1-4-5(16-9(12)13)2-3-6-7(4)8(11)10-17(6,14)15/h2-3H,1H3,(H,10,11)(H,12,13). The maximum Gasteiger partial charge on any atom is 0.511 e. The second-order valence-corrected chi connectivity index (χ2v) is 5.02. The number of hydrogen-bond acceptors (Lipinski definition) is 5. The maximum atomic E-state index is 11.5. The molecule has 0 aromatic heterocycles. The fourth-order valence-corrected chi connectivity index (χ4v) is 2.82. The minimum Gasteiger partial charge on any atom is -0.449 e. The summed E-state index contributed by atoms with van der Waals surface area (Å²) in [5, 5.41) is 8.47. The number of carbonyl (C=O) groups excluding carboxylic acids is 1. The normalized spacial score (nSPS) is 16.2. The first kappa shape index (κ1) is 11.4. The van der Waals surface area contributed by atoms with E-state index in [1.807, 2.05) is 4.72 Å². The minimum atomic E-state index is -3.83. The van der Waals surface area contributed by atoms with Crippen LogP contribution in [0.4, 0.5) is 4.79 Å². The summed E-state index contributed by atoms with van der Waals surface area (Å²) in [5.41, 5.74) is 0.0900. The van der Waals surface area contributed by atoms with Crippen molar-refractivity contribution in [2.45, 2.75) is 11.8 Å². The van der Waals surface area contributed by atoms with Crippen molar-refractivity contribution in [1.82, 2.24) is 4.72 Å². The molecule has 0 spiro atoms. The van der Waals surface area contributed by atoms with Gasteiger partial charge in [0.1, 0.15) is 10.6 Å². The van der Waals surface area contributed by atoms with Gasteiger partial charge < -0.3 is 9.84 Å². The van der Waals surface area contributed by atoms with E-state index in [0.717, 1.165) is 6.07 Å². The highest BCUT2D eigenvalue weighted by atomic mass is 32.2. The van der Waals surface area contributed by atoms with Gasteiger partial charge in [-0.05, 0) is 19.1 Å². The molecule has 17 heavy (non-hydrogen) atoms. The van der Waals surface area contributed by atoms with Gasteiger partial charge in [-0.3, -0.25) is 4.79 Å². The molecule has 1 aromatic rings. The summed E-state index contributed by atoms with van der Waals surface area (Å²) in [5.74, 6) is -0.850. The highest BCUT2D eigenvalue weighted by Crippen LogP contribution is 2.31. The molecule has 1 amide bonds. The molecule has 0 unspecified atom stereocenters. The molecule has 90 valence electrons. The predicted octanol–water partition coefficient (Wildman–Crippen LogP) is 0.484. The highest BCUT2D eigenvalue weighted by molar-refractivity contribution is 7.90. The third-order valence-electron chi connectivity index (χ3n) is 2.32. The van der Waals surface area contributed by atoms with Crippen molar-refractivity contribution < 1.29 is 27.9 Å². The average molecular weight is 257 g/mol. The Bertz CT molecular complexity index is 633. The number of carbonyl (C=O) groups is 2. The zero-order chi connectivity index (χ0) is 12.8. The molecule has 0 saturated heterocycles. The lowest BCUT2D eigenvalue weighted by Crippen LogP contribution is -2.21. The lowest BCUT2D eigenvalue weighted by molar-refractivity contribution is 0.0983. The van der Waals surface area contributed by atoms with Crippen LogP contribution in [-0.4, -0.2) is 25.6 Å². The highest BCUT2D eigenvalue weighted by Gasteiger charge is 2.35. The van der Waals surface area contributed by atoms with Gasteiger partial charge in [-0.25, -0.2) is 17.9 Å². The van der Waals surface area contributed by atoms with Crippen LogP contribution in [0.5, 0.6) is 5.75 Å². The van der Waals surface area contributed by atoms with E-state index < -0.39 is 22.1 Å². The van der Waals surface area contributed by atoms with Crippen LogP contribution in [-0.2, 0) is 10.0 Å². The summed E-state index contributed by atoms with van der Waals surface area (Å²) in [6, 6.07) is 2.33. The van der Waals surface area contributed by atoms with E-state index in [1.54, 1.807) is 0 Å². The number of sulfonamides is 1. The van der Waals surface area contributed by atoms with Crippen molar-refractivity contribution in [3.05, 3.63) is 23.3 Å². The molecule has 0 fully saturated rings. The van der Waals surface area contributed by atoms with Gasteiger partial charge in [0, 0.05) is 5.56 Å². The van der Waals surface area contributed by atoms with Gasteiger partial charge in [0.05, 0.1) is 5.56 Å². The van der Waals surface area contributed by atoms with E-state index in [-0.39, 0.29) is 21.8 Å². The van der Waals surface area contributed by atoms with E-state index in [2.05, 4.69) is 4.74 Å². The van der Waals surface area contributed by atoms with Crippen LogP contribution >= 0.6 is 0 Å². The summed E-state index contributed by atoms with van der Waals surface area (Å²) in [7, 11) is -3.83. The number of benzene rings is 1. The van der Waals surface area contributed by atoms with Gasteiger partial charge in [-0.15, -0.1) is 0 Å². The molecule has 0 bridgehead atoms. The van der Waals surface area contributed by atoms with Gasteiger partial charge in [-0.1, -0.05) is 0 Å². The van der Waals surface area contributed by atoms with Gasteiger partial charge in [-0.2, -0.15) is 0 Å². The van der Waals surface area contributed by atoms with Crippen LogP contribution in [0.3, 0.4) is 0 Å². The van der Waals surface area contributed by atoms with E-state index in [1.165, 1.54) is 13.0 Å². The largest absolute Gasteiger partial charge is 0.511 e. The van der Waals surface area contributed by atoms with E-state index in [9.17, 15) is 18.0 Å². The number of fused-ring (bicyclic) bond motifs is 1. The van der Waals surface area contributed by atoms with Crippen LogP contribution < -0.4 is 9.46 Å². The SMILES string of the molecule is Cc1c(OC(=O)O)ccc2c1C(=O)NS2(=O)=O. The van der Waals surface area contributed by atoms with Crippen molar-refractivity contribution in [1.29, 1.82) is 0 Å². The molecule has 1 aromatic carbocycles. The summed E-state index contributed by atoms with van der Waals surface area (Å²) in [6.45, 7) is 1.41. The molecule has 7 nitrogen and oxygen atoms in total. The van der Waals surface area contributed by atoms with Gasteiger partial charge in [0.2, 0.25) is 0 Å². The monoisotopic (exact) mass is 257 g/mol. The lowest BCUT2D eigenvalue weighted by atomic mass is 10.1. The van der Waals surface area contributed by atoms with Gasteiger partial charge >= 0.3 is 6.16 Å². The Morgan fingerprint density at radius 3 is 2.65 bits per heavy atom. The average Bonchev–Trinajstić information content (AvgIpc) is 2.41. The number of rotatable bonds is 1. The predicted molar refractivity (Wildman–Crippen MR) is 54.5 cm³/mol. The Morgan fingerprint density at radius 1 is 1.41 bits per heavy atom. The van der Waals surface area contributed by atoms with Gasteiger partial charge in [0.25, 0.3) is 15.9 Å². The molecule has 0 radical (unpaired) electrons. The van der Waals surface area contributed by atoms with Crippen LogP contribution in [0.25, 0.3) is 0 Å². The van der Waals surface area contributed by atoms with Crippen LogP contribution in [0.2, 0.25) is 0 Å². The second-order valence-electron chi connectivity index (χ2n) is 3.36. The molecule has 2 rings (SSSR count). The molecule has 2 N–H and O–H groups in total. The molecular formula is C9H7NO6S. The molecule has 0 aliphatic carbocycles. The van der Waals surface area contributed by atoms with Crippen molar-refractivity contribution >= 4 is 22.1 Å². The molecular weight excluding hydrogens is 250 g/mol. The Morgan fingerprint density at radius 2 is 2.06 bits per heavy atom. The first-order valence-electron chi connectivity index (χ1n) is 4.44. The first-order chi connectivity index (χ1) is 7.83. The summed E-state index contributed by atoms with van der Waals surface area (Å²) in [4.78, 5) is 21.7.